The van der Waals surface area contributed by atoms with Gasteiger partial charge < -0.3 is 25.1 Å². The summed E-state index contributed by atoms with van der Waals surface area (Å²) in [6.45, 7) is 4.32. The largest absolute Gasteiger partial charge is 0.492 e. The number of thiazole rings is 1. The molecule has 0 bridgehead atoms. The van der Waals surface area contributed by atoms with E-state index in [9.17, 15) is 14.4 Å². The number of benzene rings is 2. The Kier molecular flexibility index (Phi) is 6.87. The molecular weight excluding hydrogens is 406 g/mol. The minimum Gasteiger partial charge on any atom is -0.492 e. The highest BCUT2D eigenvalue weighted by atomic mass is 32.1. The SMILES string of the molecule is CCOc1cc(NC(=O)c2csc(=O)[nH]2)c(OCC)cc1NC(=O)c1ccccc1. The second-order valence-electron chi connectivity index (χ2n) is 6.05. The van der Waals surface area contributed by atoms with Gasteiger partial charge in [0.2, 0.25) is 0 Å². The zero-order valence-electron chi connectivity index (χ0n) is 16.5. The first-order chi connectivity index (χ1) is 14.5. The van der Waals surface area contributed by atoms with Crippen LogP contribution in [0, 0.1) is 0 Å². The van der Waals surface area contributed by atoms with E-state index in [1.165, 1.54) is 5.38 Å². The Morgan fingerprint density at radius 1 is 0.933 bits per heavy atom. The lowest BCUT2D eigenvalue weighted by Crippen LogP contribution is -2.16. The average Bonchev–Trinajstić information content (AvgIpc) is 3.18. The minimum atomic E-state index is -0.488. The first-order valence-electron chi connectivity index (χ1n) is 9.31. The number of hydrogen-bond acceptors (Lipinski definition) is 6. The molecule has 1 aromatic heterocycles. The second-order valence-corrected chi connectivity index (χ2v) is 6.89. The van der Waals surface area contributed by atoms with Gasteiger partial charge in [0, 0.05) is 23.1 Å². The van der Waals surface area contributed by atoms with Crippen molar-refractivity contribution in [3.8, 4) is 11.5 Å². The smallest absolute Gasteiger partial charge is 0.305 e. The van der Waals surface area contributed by atoms with Crippen molar-refractivity contribution in [2.24, 2.45) is 0 Å². The van der Waals surface area contributed by atoms with Gasteiger partial charge in [-0.25, -0.2) is 0 Å². The summed E-state index contributed by atoms with van der Waals surface area (Å²) in [7, 11) is 0. The van der Waals surface area contributed by atoms with Crippen LogP contribution in [0.1, 0.15) is 34.7 Å². The van der Waals surface area contributed by atoms with Gasteiger partial charge >= 0.3 is 4.87 Å². The molecule has 3 N–H and O–H groups in total. The van der Waals surface area contributed by atoms with Crippen LogP contribution in [0.2, 0.25) is 0 Å². The maximum Gasteiger partial charge on any atom is 0.305 e. The molecule has 0 saturated carbocycles. The molecule has 156 valence electrons. The minimum absolute atomic E-state index is 0.145. The van der Waals surface area contributed by atoms with Crippen LogP contribution < -0.4 is 25.0 Å². The predicted molar refractivity (Wildman–Crippen MR) is 116 cm³/mol. The normalized spacial score (nSPS) is 10.3. The number of aromatic nitrogens is 1. The number of amides is 2. The van der Waals surface area contributed by atoms with Gasteiger partial charge in [0.15, 0.2) is 0 Å². The molecule has 0 atom stereocenters. The third-order valence-electron chi connectivity index (χ3n) is 3.98. The van der Waals surface area contributed by atoms with Crippen molar-refractivity contribution in [2.45, 2.75) is 13.8 Å². The van der Waals surface area contributed by atoms with Crippen LogP contribution in [0.3, 0.4) is 0 Å². The summed E-state index contributed by atoms with van der Waals surface area (Å²) in [4.78, 5) is 38.5. The molecule has 2 aromatic carbocycles. The van der Waals surface area contributed by atoms with Crippen molar-refractivity contribution < 1.29 is 19.1 Å². The summed E-state index contributed by atoms with van der Waals surface area (Å²) in [5, 5.41) is 6.98. The third-order valence-corrected chi connectivity index (χ3v) is 4.65. The fraction of sp³-hybridized carbons (Fsp3) is 0.190. The van der Waals surface area contributed by atoms with Gasteiger partial charge in [-0.3, -0.25) is 14.4 Å². The highest BCUT2D eigenvalue weighted by Gasteiger charge is 2.18. The van der Waals surface area contributed by atoms with Gasteiger partial charge in [0.05, 0.1) is 24.6 Å². The van der Waals surface area contributed by atoms with E-state index >= 15 is 0 Å². The quantitative estimate of drug-likeness (QED) is 0.507. The Labute approximate surface area is 176 Å². The number of anilines is 2. The molecule has 0 aliphatic rings. The standard InChI is InChI=1S/C21H21N3O5S/c1-3-28-17-11-15(23-20(26)16-12-30-21(27)24-16)18(29-4-2)10-14(17)22-19(25)13-8-6-5-7-9-13/h5-12H,3-4H2,1-2H3,(H,22,25)(H,23,26)(H,24,27). The number of aromatic amines is 1. The fourth-order valence-electron chi connectivity index (χ4n) is 2.67. The van der Waals surface area contributed by atoms with Gasteiger partial charge in [-0.05, 0) is 26.0 Å². The van der Waals surface area contributed by atoms with Crippen molar-refractivity contribution in [1.29, 1.82) is 0 Å². The predicted octanol–water partition coefficient (Wildman–Crippen LogP) is 3.74. The topological polar surface area (TPSA) is 110 Å². The van der Waals surface area contributed by atoms with Crippen molar-refractivity contribution in [3.63, 3.8) is 0 Å². The fourth-order valence-corrected chi connectivity index (χ4v) is 3.23. The zero-order chi connectivity index (χ0) is 21.5. The molecule has 0 aliphatic carbocycles. The van der Waals surface area contributed by atoms with E-state index < -0.39 is 5.91 Å². The summed E-state index contributed by atoms with van der Waals surface area (Å²) in [6.07, 6.45) is 0. The molecule has 0 aliphatic heterocycles. The molecule has 0 radical (unpaired) electrons. The molecule has 9 heteroatoms. The number of rotatable bonds is 8. The van der Waals surface area contributed by atoms with Crippen LogP contribution in [-0.4, -0.2) is 30.0 Å². The van der Waals surface area contributed by atoms with E-state index in [2.05, 4.69) is 15.6 Å². The molecule has 3 rings (SSSR count). The van der Waals surface area contributed by atoms with E-state index in [0.29, 0.717) is 41.7 Å². The Morgan fingerprint density at radius 3 is 2.00 bits per heavy atom. The second kappa shape index (κ2) is 9.75. The summed E-state index contributed by atoms with van der Waals surface area (Å²) in [5.41, 5.74) is 1.41. The van der Waals surface area contributed by atoms with Crippen molar-refractivity contribution >= 4 is 34.5 Å². The first-order valence-corrected chi connectivity index (χ1v) is 10.2. The number of H-pyrrole nitrogens is 1. The van der Waals surface area contributed by atoms with Crippen molar-refractivity contribution in [3.05, 3.63) is 68.8 Å². The average molecular weight is 427 g/mol. The van der Waals surface area contributed by atoms with E-state index in [-0.39, 0.29) is 16.5 Å². The summed E-state index contributed by atoms with van der Waals surface area (Å²) >= 11 is 0.901. The van der Waals surface area contributed by atoms with Gasteiger partial charge in [-0.15, -0.1) is 0 Å². The lowest BCUT2D eigenvalue weighted by molar-refractivity contribution is 0.101. The monoisotopic (exact) mass is 427 g/mol. The molecule has 1 heterocycles. The van der Waals surface area contributed by atoms with Gasteiger partial charge in [-0.1, -0.05) is 29.5 Å². The molecule has 8 nitrogen and oxygen atoms in total. The van der Waals surface area contributed by atoms with Crippen molar-refractivity contribution in [2.75, 3.05) is 23.8 Å². The van der Waals surface area contributed by atoms with Crippen LogP contribution in [0.5, 0.6) is 11.5 Å². The Hall–Kier alpha value is -3.59. The van der Waals surface area contributed by atoms with Crippen LogP contribution in [0.15, 0.2) is 52.6 Å². The maximum absolute atomic E-state index is 12.6. The molecule has 0 spiro atoms. The van der Waals surface area contributed by atoms with Crippen molar-refractivity contribution in [1.82, 2.24) is 4.98 Å². The number of carbonyl (C=O) groups excluding carboxylic acids is 2. The number of carbonyl (C=O) groups is 2. The van der Waals surface area contributed by atoms with Crippen LogP contribution >= 0.6 is 11.3 Å². The highest BCUT2D eigenvalue weighted by molar-refractivity contribution is 7.07. The molecular formula is C21H21N3O5S. The number of ether oxygens (including phenoxy) is 2. The lowest BCUT2D eigenvalue weighted by Gasteiger charge is -2.17. The molecule has 0 saturated heterocycles. The Morgan fingerprint density at radius 2 is 1.50 bits per heavy atom. The number of hydrogen-bond donors (Lipinski definition) is 3. The van der Waals surface area contributed by atoms with Crippen LogP contribution in [0.25, 0.3) is 0 Å². The van der Waals surface area contributed by atoms with E-state index in [4.69, 9.17) is 9.47 Å². The van der Waals surface area contributed by atoms with E-state index in [1.807, 2.05) is 13.0 Å². The summed E-state index contributed by atoms with van der Waals surface area (Å²) < 4.78 is 11.3. The van der Waals surface area contributed by atoms with Crippen LogP contribution in [-0.2, 0) is 0 Å². The molecule has 3 aromatic rings. The Balaban J connectivity index is 1.93. The lowest BCUT2D eigenvalue weighted by atomic mass is 10.2. The van der Waals surface area contributed by atoms with Crippen LogP contribution in [0.4, 0.5) is 11.4 Å². The highest BCUT2D eigenvalue weighted by Crippen LogP contribution is 2.37. The zero-order valence-corrected chi connectivity index (χ0v) is 17.3. The van der Waals surface area contributed by atoms with E-state index in [0.717, 1.165) is 11.3 Å². The molecule has 30 heavy (non-hydrogen) atoms. The first kappa shape index (κ1) is 21.1. The molecule has 0 fully saturated rings. The summed E-state index contributed by atoms with van der Waals surface area (Å²) in [6, 6.07) is 12.0. The van der Waals surface area contributed by atoms with Gasteiger partial charge in [0.25, 0.3) is 11.8 Å². The van der Waals surface area contributed by atoms with E-state index in [1.54, 1.807) is 43.3 Å². The third kappa shape index (κ3) is 5.06. The van der Waals surface area contributed by atoms with Gasteiger partial charge in [0.1, 0.15) is 17.2 Å². The Bertz CT molecular complexity index is 1090. The molecule has 0 unspecified atom stereocenters. The summed E-state index contributed by atoms with van der Waals surface area (Å²) in [5.74, 6) is -0.0564. The van der Waals surface area contributed by atoms with Gasteiger partial charge in [-0.2, -0.15) is 0 Å². The molecule has 2 amide bonds. The number of nitrogens with one attached hydrogen (secondary N) is 3. The maximum atomic E-state index is 12.6.